The first-order valence-corrected chi connectivity index (χ1v) is 7.30. The van der Waals surface area contributed by atoms with Crippen molar-refractivity contribution in [3.05, 3.63) is 58.6 Å². The fourth-order valence-electron chi connectivity index (χ4n) is 2.37. The number of hydrogen-bond donors (Lipinski definition) is 1. The molecule has 0 saturated heterocycles. The molecule has 2 nitrogen and oxygen atoms in total. The molecule has 0 radical (unpaired) electrons. The first kappa shape index (κ1) is 14.9. The maximum absolute atomic E-state index is 6.46. The molecule has 106 valence electrons. The van der Waals surface area contributed by atoms with Crippen LogP contribution in [0.15, 0.2) is 42.5 Å². The van der Waals surface area contributed by atoms with Crippen molar-refractivity contribution in [2.24, 2.45) is 0 Å². The fraction of sp³-hybridized carbons (Fsp3) is 0.294. The van der Waals surface area contributed by atoms with Gasteiger partial charge in [-0.3, -0.25) is 0 Å². The maximum atomic E-state index is 6.46. The second-order valence-corrected chi connectivity index (χ2v) is 5.31. The van der Waals surface area contributed by atoms with E-state index in [0.29, 0.717) is 0 Å². The van der Waals surface area contributed by atoms with Crippen LogP contribution in [0.3, 0.4) is 0 Å². The van der Waals surface area contributed by atoms with Gasteiger partial charge in [-0.1, -0.05) is 29.8 Å². The lowest BCUT2D eigenvalue weighted by atomic mass is 10.1. The van der Waals surface area contributed by atoms with Crippen LogP contribution in [-0.4, -0.2) is 13.6 Å². The molecule has 2 aromatic carbocycles. The number of aryl methyl sites for hydroxylation is 1. The van der Waals surface area contributed by atoms with Crippen LogP contribution >= 0.6 is 11.6 Å². The van der Waals surface area contributed by atoms with Crippen LogP contribution in [0.1, 0.15) is 18.1 Å². The Morgan fingerprint density at radius 3 is 2.55 bits per heavy atom. The summed E-state index contributed by atoms with van der Waals surface area (Å²) in [6.07, 6.45) is 0. The lowest BCUT2D eigenvalue weighted by molar-refractivity contribution is 0.817. The minimum Gasteiger partial charge on any atom is -0.341 e. The molecule has 0 aliphatic rings. The molecule has 0 spiro atoms. The van der Waals surface area contributed by atoms with Crippen molar-refractivity contribution in [3.63, 3.8) is 0 Å². The first-order chi connectivity index (χ1) is 9.65. The van der Waals surface area contributed by atoms with Gasteiger partial charge < -0.3 is 10.2 Å². The van der Waals surface area contributed by atoms with Gasteiger partial charge in [-0.15, -0.1) is 0 Å². The van der Waals surface area contributed by atoms with Gasteiger partial charge >= 0.3 is 0 Å². The van der Waals surface area contributed by atoms with Crippen LogP contribution in [0.25, 0.3) is 0 Å². The highest BCUT2D eigenvalue weighted by atomic mass is 35.5. The zero-order valence-corrected chi connectivity index (χ0v) is 13.0. The molecule has 0 saturated carbocycles. The number of anilines is 2. The normalized spacial score (nSPS) is 10.6. The fourth-order valence-corrected chi connectivity index (χ4v) is 2.68. The predicted octanol–water partition coefficient (Wildman–Crippen LogP) is 4.53. The molecule has 2 rings (SSSR count). The number of halogens is 1. The Kier molecular flexibility index (Phi) is 5.05. The van der Waals surface area contributed by atoms with E-state index < -0.39 is 0 Å². The van der Waals surface area contributed by atoms with Crippen LogP contribution in [0, 0.1) is 6.92 Å². The van der Waals surface area contributed by atoms with E-state index in [1.54, 1.807) is 0 Å². The van der Waals surface area contributed by atoms with Gasteiger partial charge in [0, 0.05) is 18.8 Å². The van der Waals surface area contributed by atoms with E-state index in [9.17, 15) is 0 Å². The molecular weight excluding hydrogens is 268 g/mol. The van der Waals surface area contributed by atoms with E-state index in [0.717, 1.165) is 23.8 Å². The molecule has 20 heavy (non-hydrogen) atoms. The summed E-state index contributed by atoms with van der Waals surface area (Å²) in [5.41, 5.74) is 4.68. The summed E-state index contributed by atoms with van der Waals surface area (Å²) in [5.74, 6) is 0. The van der Waals surface area contributed by atoms with Crippen molar-refractivity contribution in [3.8, 4) is 0 Å². The Morgan fingerprint density at radius 1 is 1.15 bits per heavy atom. The van der Waals surface area contributed by atoms with Gasteiger partial charge in [-0.05, 0) is 56.3 Å². The molecule has 0 aliphatic heterocycles. The predicted molar refractivity (Wildman–Crippen MR) is 88.1 cm³/mol. The molecule has 0 unspecified atom stereocenters. The summed E-state index contributed by atoms with van der Waals surface area (Å²) in [7, 11) is 1.94. The van der Waals surface area contributed by atoms with E-state index in [2.05, 4.69) is 60.5 Å². The summed E-state index contributed by atoms with van der Waals surface area (Å²) in [4.78, 5) is 2.23. The molecular formula is C17H21ClN2. The Morgan fingerprint density at radius 2 is 1.95 bits per heavy atom. The van der Waals surface area contributed by atoms with E-state index in [1.165, 1.54) is 16.8 Å². The average molecular weight is 289 g/mol. The molecule has 0 aromatic heterocycles. The van der Waals surface area contributed by atoms with Gasteiger partial charge in [0.25, 0.3) is 0 Å². The summed E-state index contributed by atoms with van der Waals surface area (Å²) in [6, 6.07) is 14.7. The quantitative estimate of drug-likeness (QED) is 0.870. The molecule has 0 amide bonds. The highest BCUT2D eigenvalue weighted by Crippen LogP contribution is 2.32. The zero-order chi connectivity index (χ0) is 14.5. The van der Waals surface area contributed by atoms with Gasteiger partial charge in [-0.2, -0.15) is 0 Å². The van der Waals surface area contributed by atoms with Gasteiger partial charge in [-0.25, -0.2) is 0 Å². The topological polar surface area (TPSA) is 15.3 Å². The molecule has 2 aromatic rings. The smallest absolute Gasteiger partial charge is 0.0646 e. The Bertz CT molecular complexity index is 581. The Hall–Kier alpha value is -1.51. The van der Waals surface area contributed by atoms with Gasteiger partial charge in [0.1, 0.15) is 0 Å². The average Bonchev–Trinajstić information content (AvgIpc) is 2.42. The maximum Gasteiger partial charge on any atom is 0.0646 e. The lowest BCUT2D eigenvalue weighted by Gasteiger charge is -2.25. The summed E-state index contributed by atoms with van der Waals surface area (Å²) < 4.78 is 0. The van der Waals surface area contributed by atoms with Gasteiger partial charge in [0.15, 0.2) is 0 Å². The standard InChI is InChI=1S/C17H21ClN2/c1-4-20(15-7-5-6-13(2)10-15)17-9-8-14(12-19-3)11-16(17)18/h5-11,19H,4,12H2,1-3H3. The Balaban J connectivity index is 2.37. The molecule has 0 fully saturated rings. The van der Waals surface area contributed by atoms with Crippen molar-refractivity contribution < 1.29 is 0 Å². The van der Waals surface area contributed by atoms with Crippen molar-refractivity contribution >= 4 is 23.0 Å². The van der Waals surface area contributed by atoms with E-state index in [1.807, 2.05) is 13.1 Å². The highest BCUT2D eigenvalue weighted by Gasteiger charge is 2.11. The molecule has 0 bridgehead atoms. The SMILES string of the molecule is CCN(c1cccc(C)c1)c1ccc(CNC)cc1Cl. The van der Waals surface area contributed by atoms with Crippen LogP contribution in [0.4, 0.5) is 11.4 Å². The van der Waals surface area contributed by atoms with E-state index in [4.69, 9.17) is 11.6 Å². The van der Waals surface area contributed by atoms with Crippen molar-refractivity contribution in [1.29, 1.82) is 0 Å². The number of rotatable bonds is 5. The highest BCUT2D eigenvalue weighted by molar-refractivity contribution is 6.33. The number of nitrogens with zero attached hydrogens (tertiary/aromatic N) is 1. The monoisotopic (exact) mass is 288 g/mol. The minimum absolute atomic E-state index is 0.793. The van der Waals surface area contributed by atoms with Crippen molar-refractivity contribution in [2.45, 2.75) is 20.4 Å². The van der Waals surface area contributed by atoms with E-state index >= 15 is 0 Å². The summed E-state index contributed by atoms with van der Waals surface area (Å²) in [6.45, 7) is 5.96. The second-order valence-electron chi connectivity index (χ2n) is 4.90. The summed E-state index contributed by atoms with van der Waals surface area (Å²) in [5, 5.41) is 3.93. The van der Waals surface area contributed by atoms with Crippen LogP contribution < -0.4 is 10.2 Å². The van der Waals surface area contributed by atoms with Crippen molar-refractivity contribution in [2.75, 3.05) is 18.5 Å². The first-order valence-electron chi connectivity index (χ1n) is 6.93. The van der Waals surface area contributed by atoms with E-state index in [-0.39, 0.29) is 0 Å². The number of benzene rings is 2. The second kappa shape index (κ2) is 6.78. The third-order valence-electron chi connectivity index (χ3n) is 3.31. The number of hydrogen-bond acceptors (Lipinski definition) is 2. The van der Waals surface area contributed by atoms with Crippen LogP contribution in [-0.2, 0) is 6.54 Å². The summed E-state index contributed by atoms with van der Waals surface area (Å²) >= 11 is 6.46. The Labute approximate surface area is 126 Å². The molecule has 3 heteroatoms. The third kappa shape index (κ3) is 3.33. The molecule has 1 N–H and O–H groups in total. The molecule has 0 heterocycles. The van der Waals surface area contributed by atoms with Crippen molar-refractivity contribution in [1.82, 2.24) is 5.32 Å². The van der Waals surface area contributed by atoms with Gasteiger partial charge in [0.2, 0.25) is 0 Å². The van der Waals surface area contributed by atoms with Crippen LogP contribution in [0.2, 0.25) is 5.02 Å². The number of nitrogens with one attached hydrogen (secondary N) is 1. The van der Waals surface area contributed by atoms with Gasteiger partial charge in [0.05, 0.1) is 10.7 Å². The molecule has 0 aliphatic carbocycles. The van der Waals surface area contributed by atoms with Crippen LogP contribution in [0.5, 0.6) is 0 Å². The third-order valence-corrected chi connectivity index (χ3v) is 3.62. The molecule has 0 atom stereocenters. The lowest BCUT2D eigenvalue weighted by Crippen LogP contribution is -2.16. The largest absolute Gasteiger partial charge is 0.341 e. The minimum atomic E-state index is 0.793. The zero-order valence-electron chi connectivity index (χ0n) is 12.3.